The molecule has 0 bridgehead atoms. The molecule has 0 aliphatic carbocycles. The van der Waals surface area contributed by atoms with Crippen molar-refractivity contribution in [3.05, 3.63) is 29.8 Å². The second-order valence-corrected chi connectivity index (χ2v) is 5.58. The lowest BCUT2D eigenvalue weighted by Gasteiger charge is -2.26. The summed E-state index contributed by atoms with van der Waals surface area (Å²) in [4.78, 5) is 25.6. The van der Waals surface area contributed by atoms with Gasteiger partial charge in [-0.25, -0.2) is 4.79 Å². The highest BCUT2D eigenvalue weighted by Crippen LogP contribution is 2.11. The van der Waals surface area contributed by atoms with Crippen LogP contribution in [0.15, 0.2) is 29.4 Å². The predicted molar refractivity (Wildman–Crippen MR) is 97.6 cm³/mol. The van der Waals surface area contributed by atoms with Crippen LogP contribution in [0.4, 0.5) is 5.69 Å². The lowest BCUT2D eigenvalue weighted by Crippen LogP contribution is -2.47. The molecule has 1 saturated heterocycles. The van der Waals surface area contributed by atoms with Gasteiger partial charge in [0.2, 0.25) is 0 Å². The third-order valence-electron chi connectivity index (χ3n) is 3.43. The van der Waals surface area contributed by atoms with Crippen molar-refractivity contribution in [3.8, 4) is 0 Å². The molecule has 3 N–H and O–H groups in total. The maximum absolute atomic E-state index is 12.4. The molecule has 9 heteroatoms. The number of hydrazone groups is 1. The molecule has 0 unspecified atom stereocenters. The maximum atomic E-state index is 12.4. The van der Waals surface area contributed by atoms with Crippen molar-refractivity contribution < 1.29 is 19.1 Å². The van der Waals surface area contributed by atoms with Gasteiger partial charge in [-0.15, -0.1) is 0 Å². The summed E-state index contributed by atoms with van der Waals surface area (Å²) in [7, 11) is 0. The van der Waals surface area contributed by atoms with Gasteiger partial charge in [0.05, 0.1) is 31.1 Å². The molecule has 0 atom stereocenters. The van der Waals surface area contributed by atoms with E-state index in [1.165, 1.54) is 0 Å². The summed E-state index contributed by atoms with van der Waals surface area (Å²) in [6, 6.07) is 6.48. The zero-order valence-corrected chi connectivity index (χ0v) is 14.7. The Labute approximate surface area is 150 Å². The summed E-state index contributed by atoms with van der Waals surface area (Å²) in [5.41, 5.74) is 9.34. The number of amides is 1. The third kappa shape index (κ3) is 5.23. The fourth-order valence-corrected chi connectivity index (χ4v) is 2.27. The molecule has 1 fully saturated rings. The molecule has 1 heterocycles. The van der Waals surface area contributed by atoms with E-state index in [2.05, 4.69) is 10.5 Å². The number of anilines is 1. The summed E-state index contributed by atoms with van der Waals surface area (Å²) in [6.07, 6.45) is 0. The first-order valence-electron chi connectivity index (χ1n) is 7.80. The van der Waals surface area contributed by atoms with Crippen LogP contribution in [0.3, 0.4) is 0 Å². The number of hydrogen-bond donors (Lipinski definition) is 2. The first-order chi connectivity index (χ1) is 12.0. The number of thiocarbonyl (C=S) groups is 1. The van der Waals surface area contributed by atoms with Crippen LogP contribution >= 0.6 is 12.2 Å². The molecule has 1 aromatic carbocycles. The van der Waals surface area contributed by atoms with E-state index in [-0.39, 0.29) is 16.6 Å². The normalized spacial score (nSPS) is 14.8. The molecule has 2 rings (SSSR count). The molecule has 25 heavy (non-hydrogen) atoms. The highest BCUT2D eigenvalue weighted by molar-refractivity contribution is 7.82. The number of nitrogens with one attached hydrogen (secondary N) is 1. The molecule has 1 aliphatic heterocycles. The van der Waals surface area contributed by atoms with Crippen LogP contribution in [-0.2, 0) is 14.3 Å². The number of hydrogen-bond acceptors (Lipinski definition) is 7. The third-order valence-corrected chi connectivity index (χ3v) is 3.62. The van der Waals surface area contributed by atoms with Crippen LogP contribution in [-0.4, -0.2) is 60.4 Å². The summed E-state index contributed by atoms with van der Waals surface area (Å²) in [5.74, 6) is -0.740. The Morgan fingerprint density at radius 2 is 1.96 bits per heavy atom. The molecular weight excluding hydrogens is 344 g/mol. The van der Waals surface area contributed by atoms with Crippen molar-refractivity contribution >= 4 is 40.5 Å². The number of carbonyl (C=O) groups excluding carboxylic acids is 2. The Bertz CT molecular complexity index is 669. The Balaban J connectivity index is 2.06. The minimum atomic E-state index is -0.399. The summed E-state index contributed by atoms with van der Waals surface area (Å²) in [5, 5.41) is 4.03. The summed E-state index contributed by atoms with van der Waals surface area (Å²) < 4.78 is 10.1. The minimum Gasteiger partial charge on any atom is -0.462 e. The zero-order valence-electron chi connectivity index (χ0n) is 13.9. The largest absolute Gasteiger partial charge is 0.462 e. The second kappa shape index (κ2) is 9.09. The van der Waals surface area contributed by atoms with Gasteiger partial charge < -0.3 is 20.1 Å². The Morgan fingerprint density at radius 3 is 2.52 bits per heavy atom. The number of ether oxygens (including phenoxy) is 2. The van der Waals surface area contributed by atoms with E-state index in [1.54, 1.807) is 36.1 Å². The summed E-state index contributed by atoms with van der Waals surface area (Å²) >= 11 is 4.93. The first-order valence-corrected chi connectivity index (χ1v) is 8.21. The fourth-order valence-electron chi connectivity index (χ4n) is 2.14. The maximum Gasteiger partial charge on any atom is 0.338 e. The van der Waals surface area contributed by atoms with E-state index in [1.807, 2.05) is 0 Å². The van der Waals surface area contributed by atoms with Gasteiger partial charge in [-0.2, -0.15) is 5.10 Å². The average Bonchev–Trinajstić information content (AvgIpc) is 2.63. The van der Waals surface area contributed by atoms with Gasteiger partial charge >= 0.3 is 5.97 Å². The zero-order chi connectivity index (χ0) is 18.2. The van der Waals surface area contributed by atoms with Crippen molar-refractivity contribution in [3.63, 3.8) is 0 Å². The van der Waals surface area contributed by atoms with E-state index < -0.39 is 5.97 Å². The molecule has 1 amide bonds. The van der Waals surface area contributed by atoms with Crippen molar-refractivity contribution in [1.82, 2.24) is 4.90 Å². The minimum absolute atomic E-state index is 0.0219. The molecule has 1 aliphatic rings. The number of benzene rings is 1. The highest BCUT2D eigenvalue weighted by atomic mass is 32.1. The van der Waals surface area contributed by atoms with Gasteiger partial charge in [0.1, 0.15) is 4.99 Å². The molecule has 8 nitrogen and oxygen atoms in total. The fraction of sp³-hybridized carbons (Fsp3) is 0.375. The van der Waals surface area contributed by atoms with Gasteiger partial charge in [-0.05, 0) is 31.2 Å². The van der Waals surface area contributed by atoms with Crippen molar-refractivity contribution in [2.75, 3.05) is 38.3 Å². The SMILES string of the molecule is CCOC(=O)c1ccc(N/N=C(\C(=O)N2CCOCC2)C(N)=S)cc1. The van der Waals surface area contributed by atoms with Crippen LogP contribution in [0, 0.1) is 0 Å². The monoisotopic (exact) mass is 364 g/mol. The summed E-state index contributed by atoms with van der Waals surface area (Å²) in [6.45, 7) is 3.93. The van der Waals surface area contributed by atoms with Crippen molar-refractivity contribution in [2.24, 2.45) is 10.8 Å². The molecular formula is C16H20N4O4S. The number of carbonyl (C=O) groups is 2. The van der Waals surface area contributed by atoms with E-state index in [0.29, 0.717) is 44.2 Å². The van der Waals surface area contributed by atoms with Gasteiger partial charge in [0.15, 0.2) is 5.71 Å². The lowest BCUT2D eigenvalue weighted by atomic mass is 10.2. The van der Waals surface area contributed by atoms with Crippen LogP contribution in [0.2, 0.25) is 0 Å². The smallest absolute Gasteiger partial charge is 0.338 e. The standard InChI is InChI=1S/C16H20N4O4S/c1-2-24-16(22)11-3-5-12(6-4-11)18-19-13(14(17)25)15(21)20-7-9-23-10-8-20/h3-6,18H,2,7-10H2,1H3,(H2,17,25)/b19-13-. The van der Waals surface area contributed by atoms with Crippen molar-refractivity contribution in [1.29, 1.82) is 0 Å². The van der Waals surface area contributed by atoms with Gasteiger partial charge in [-0.3, -0.25) is 10.2 Å². The first kappa shape index (κ1) is 18.8. The van der Waals surface area contributed by atoms with Gasteiger partial charge in [0, 0.05) is 13.1 Å². The molecule has 0 radical (unpaired) electrons. The lowest BCUT2D eigenvalue weighted by molar-refractivity contribution is -0.127. The molecule has 0 saturated carbocycles. The van der Waals surface area contributed by atoms with E-state index in [9.17, 15) is 9.59 Å². The van der Waals surface area contributed by atoms with Crippen LogP contribution in [0.5, 0.6) is 0 Å². The Kier molecular flexibility index (Phi) is 6.84. The number of esters is 1. The Morgan fingerprint density at radius 1 is 1.32 bits per heavy atom. The van der Waals surface area contributed by atoms with E-state index in [4.69, 9.17) is 27.4 Å². The quantitative estimate of drug-likeness (QED) is 0.332. The second-order valence-electron chi connectivity index (χ2n) is 5.14. The Hall–Kier alpha value is -2.52. The van der Waals surface area contributed by atoms with Crippen LogP contribution in [0.25, 0.3) is 0 Å². The van der Waals surface area contributed by atoms with E-state index in [0.717, 1.165) is 0 Å². The molecule has 134 valence electrons. The molecule has 0 aromatic heterocycles. The molecule has 0 spiro atoms. The topological polar surface area (TPSA) is 106 Å². The number of morpholine rings is 1. The predicted octanol–water partition coefficient (Wildman–Crippen LogP) is 0.776. The van der Waals surface area contributed by atoms with Crippen molar-refractivity contribution in [2.45, 2.75) is 6.92 Å². The van der Waals surface area contributed by atoms with Gasteiger partial charge in [-0.1, -0.05) is 12.2 Å². The van der Waals surface area contributed by atoms with Crippen LogP contribution < -0.4 is 11.2 Å². The van der Waals surface area contributed by atoms with E-state index >= 15 is 0 Å². The number of nitrogens with two attached hydrogens (primary N) is 1. The highest BCUT2D eigenvalue weighted by Gasteiger charge is 2.24. The number of nitrogens with zero attached hydrogens (tertiary/aromatic N) is 2. The average molecular weight is 364 g/mol. The number of rotatable bonds is 6. The van der Waals surface area contributed by atoms with Gasteiger partial charge in [0.25, 0.3) is 5.91 Å². The molecule has 1 aromatic rings. The van der Waals surface area contributed by atoms with Crippen LogP contribution in [0.1, 0.15) is 17.3 Å².